The van der Waals surface area contributed by atoms with Crippen molar-refractivity contribution >= 4 is 21.4 Å². The molecule has 0 saturated heterocycles. The molecule has 14 heavy (non-hydrogen) atoms. The quantitative estimate of drug-likeness (QED) is 0.812. The standard InChI is InChI=1S/C8H13NO3S2/c1-8(2,3)12-9-14(10,11)7-5-4-6-13-7/h4-6,9H,1-3H3. The van der Waals surface area contributed by atoms with E-state index in [1.54, 1.807) is 32.2 Å². The largest absolute Gasteiger partial charge is 0.281 e. The number of sulfonamides is 1. The Balaban J connectivity index is 2.70. The Morgan fingerprint density at radius 1 is 1.43 bits per heavy atom. The van der Waals surface area contributed by atoms with Crippen molar-refractivity contribution in [3.05, 3.63) is 17.5 Å². The van der Waals surface area contributed by atoms with Gasteiger partial charge >= 0.3 is 0 Å². The summed E-state index contributed by atoms with van der Waals surface area (Å²) in [7, 11) is -3.50. The summed E-state index contributed by atoms with van der Waals surface area (Å²) in [5.74, 6) is 0. The van der Waals surface area contributed by atoms with Crippen LogP contribution in [0.15, 0.2) is 21.7 Å². The van der Waals surface area contributed by atoms with Gasteiger partial charge in [0.2, 0.25) is 0 Å². The monoisotopic (exact) mass is 235 g/mol. The first-order chi connectivity index (χ1) is 6.31. The minimum absolute atomic E-state index is 0.252. The minimum Gasteiger partial charge on any atom is -0.281 e. The van der Waals surface area contributed by atoms with E-state index in [2.05, 4.69) is 4.89 Å². The second-order valence-electron chi connectivity index (χ2n) is 3.73. The molecule has 0 spiro atoms. The molecule has 0 aromatic carbocycles. The van der Waals surface area contributed by atoms with Gasteiger partial charge in [-0.25, -0.2) is 8.42 Å². The summed E-state index contributed by atoms with van der Waals surface area (Å²) >= 11 is 1.15. The second-order valence-corrected chi connectivity index (χ2v) is 6.55. The predicted octanol–water partition coefficient (Wildman–Crippen LogP) is 1.76. The van der Waals surface area contributed by atoms with E-state index in [0.29, 0.717) is 0 Å². The van der Waals surface area contributed by atoms with Gasteiger partial charge in [0.15, 0.2) is 0 Å². The zero-order valence-corrected chi connectivity index (χ0v) is 9.91. The van der Waals surface area contributed by atoms with Gasteiger partial charge in [0, 0.05) is 0 Å². The lowest BCUT2D eigenvalue weighted by Crippen LogP contribution is -2.33. The van der Waals surface area contributed by atoms with Crippen molar-refractivity contribution in [3.8, 4) is 0 Å². The molecule has 0 aliphatic rings. The van der Waals surface area contributed by atoms with E-state index in [-0.39, 0.29) is 4.21 Å². The third kappa shape index (κ3) is 3.38. The van der Waals surface area contributed by atoms with Crippen LogP contribution in [0.1, 0.15) is 20.8 Å². The van der Waals surface area contributed by atoms with Gasteiger partial charge in [-0.05, 0) is 32.2 Å². The van der Waals surface area contributed by atoms with E-state index in [4.69, 9.17) is 4.84 Å². The molecule has 0 fully saturated rings. The first kappa shape index (κ1) is 11.6. The lowest BCUT2D eigenvalue weighted by molar-refractivity contribution is -0.0356. The average molecular weight is 235 g/mol. The molecule has 1 N–H and O–H groups in total. The number of nitrogens with one attached hydrogen (secondary N) is 1. The fourth-order valence-corrected chi connectivity index (χ4v) is 2.56. The van der Waals surface area contributed by atoms with Crippen LogP contribution in [-0.4, -0.2) is 14.0 Å². The van der Waals surface area contributed by atoms with Crippen molar-refractivity contribution in [1.29, 1.82) is 0 Å². The van der Waals surface area contributed by atoms with Crippen LogP contribution in [0.4, 0.5) is 0 Å². The summed E-state index contributed by atoms with van der Waals surface area (Å²) in [5, 5.41) is 1.70. The van der Waals surface area contributed by atoms with Gasteiger partial charge in [0.1, 0.15) is 4.21 Å². The minimum atomic E-state index is -3.50. The second kappa shape index (κ2) is 3.98. The Hall–Kier alpha value is -0.430. The van der Waals surface area contributed by atoms with Crippen LogP contribution in [0.2, 0.25) is 0 Å². The maximum Gasteiger partial charge on any atom is 0.271 e. The van der Waals surface area contributed by atoms with Crippen LogP contribution in [0.25, 0.3) is 0 Å². The Kier molecular flexibility index (Phi) is 3.31. The molecule has 1 aromatic heterocycles. The normalized spacial score (nSPS) is 13.1. The van der Waals surface area contributed by atoms with Gasteiger partial charge in [-0.1, -0.05) is 11.0 Å². The molecule has 4 nitrogen and oxygen atoms in total. The van der Waals surface area contributed by atoms with Crippen LogP contribution in [0.5, 0.6) is 0 Å². The van der Waals surface area contributed by atoms with E-state index < -0.39 is 15.6 Å². The summed E-state index contributed by atoms with van der Waals surface area (Å²) < 4.78 is 23.3. The van der Waals surface area contributed by atoms with E-state index in [9.17, 15) is 8.42 Å². The first-order valence-corrected chi connectivity index (χ1v) is 6.41. The van der Waals surface area contributed by atoms with Gasteiger partial charge in [0.25, 0.3) is 10.0 Å². The van der Waals surface area contributed by atoms with Crippen LogP contribution in [0, 0.1) is 0 Å². The highest BCUT2D eigenvalue weighted by atomic mass is 32.2. The highest BCUT2D eigenvalue weighted by Gasteiger charge is 2.19. The van der Waals surface area contributed by atoms with Crippen molar-refractivity contribution < 1.29 is 13.3 Å². The Labute approximate surface area is 87.9 Å². The van der Waals surface area contributed by atoms with E-state index in [1.165, 1.54) is 6.07 Å². The molecule has 80 valence electrons. The molecule has 6 heteroatoms. The molecule has 0 amide bonds. The maximum atomic E-state index is 11.5. The predicted molar refractivity (Wildman–Crippen MR) is 55.5 cm³/mol. The van der Waals surface area contributed by atoms with Gasteiger partial charge in [0.05, 0.1) is 5.60 Å². The van der Waals surface area contributed by atoms with Crippen LogP contribution in [-0.2, 0) is 14.9 Å². The van der Waals surface area contributed by atoms with Gasteiger partial charge < -0.3 is 0 Å². The SMILES string of the molecule is CC(C)(C)ONS(=O)(=O)c1cccs1. The maximum absolute atomic E-state index is 11.5. The summed E-state index contributed by atoms with van der Waals surface area (Å²) in [5.41, 5.74) is -0.537. The topological polar surface area (TPSA) is 55.4 Å². The van der Waals surface area contributed by atoms with E-state index >= 15 is 0 Å². The molecular weight excluding hydrogens is 222 g/mol. The molecule has 1 rings (SSSR count). The van der Waals surface area contributed by atoms with Crippen LogP contribution >= 0.6 is 11.3 Å². The molecule has 0 aliphatic heterocycles. The van der Waals surface area contributed by atoms with Crippen molar-refractivity contribution in [2.75, 3.05) is 0 Å². The summed E-state index contributed by atoms with van der Waals surface area (Å²) in [6.07, 6.45) is 0. The fraction of sp³-hybridized carbons (Fsp3) is 0.500. The fourth-order valence-electron chi connectivity index (χ4n) is 0.637. The third-order valence-corrected chi connectivity index (χ3v) is 3.79. The molecular formula is C8H13NO3S2. The number of hydrogen-bond acceptors (Lipinski definition) is 4. The molecule has 0 radical (unpaired) electrons. The van der Waals surface area contributed by atoms with E-state index in [0.717, 1.165) is 11.3 Å². The van der Waals surface area contributed by atoms with Crippen molar-refractivity contribution in [3.63, 3.8) is 0 Å². The van der Waals surface area contributed by atoms with Crippen molar-refractivity contribution in [1.82, 2.24) is 4.89 Å². The molecule has 0 bridgehead atoms. The summed E-state index contributed by atoms with van der Waals surface area (Å²) in [4.78, 5) is 7.07. The molecule has 0 aliphatic carbocycles. The first-order valence-electron chi connectivity index (χ1n) is 4.04. The molecule has 0 saturated carbocycles. The van der Waals surface area contributed by atoms with E-state index in [1.807, 2.05) is 0 Å². The summed E-state index contributed by atoms with van der Waals surface area (Å²) in [6.45, 7) is 5.30. The van der Waals surface area contributed by atoms with Gasteiger partial charge in [-0.2, -0.15) is 0 Å². The van der Waals surface area contributed by atoms with Crippen LogP contribution in [0.3, 0.4) is 0 Å². The third-order valence-electron chi connectivity index (χ3n) is 1.22. The average Bonchev–Trinajstić information content (AvgIpc) is 2.52. The Bertz CT molecular complexity index is 375. The molecule has 1 heterocycles. The smallest absolute Gasteiger partial charge is 0.271 e. The van der Waals surface area contributed by atoms with Gasteiger partial charge in [-0.3, -0.25) is 4.84 Å². The highest BCUT2D eigenvalue weighted by Crippen LogP contribution is 2.16. The zero-order valence-electron chi connectivity index (χ0n) is 8.27. The van der Waals surface area contributed by atoms with Crippen LogP contribution < -0.4 is 4.89 Å². The molecule has 0 atom stereocenters. The lowest BCUT2D eigenvalue weighted by Gasteiger charge is -2.18. The molecule has 1 aromatic rings. The zero-order chi connectivity index (χ0) is 10.8. The Morgan fingerprint density at radius 2 is 2.07 bits per heavy atom. The summed E-state index contributed by atoms with van der Waals surface area (Å²) in [6, 6.07) is 3.20. The highest BCUT2D eigenvalue weighted by molar-refractivity contribution is 7.91. The lowest BCUT2D eigenvalue weighted by atomic mass is 10.2. The molecule has 0 unspecified atom stereocenters. The van der Waals surface area contributed by atoms with Crippen molar-refractivity contribution in [2.45, 2.75) is 30.6 Å². The number of hydrogen-bond donors (Lipinski definition) is 1. The number of rotatable bonds is 3. The van der Waals surface area contributed by atoms with Gasteiger partial charge in [-0.15, -0.1) is 11.3 Å². The number of thiophene rings is 1. The van der Waals surface area contributed by atoms with Crippen molar-refractivity contribution in [2.24, 2.45) is 0 Å². The Morgan fingerprint density at radius 3 is 2.50 bits per heavy atom.